The molecule has 0 spiro atoms. The SMILES string of the molecule is CCCNC(C)C(C)N1CCCC(C)CC1. The van der Waals surface area contributed by atoms with Crippen molar-refractivity contribution in [2.24, 2.45) is 5.92 Å². The second-order valence-corrected chi connectivity index (χ2v) is 5.56. The maximum Gasteiger partial charge on any atom is 0.0218 e. The highest BCUT2D eigenvalue weighted by atomic mass is 15.2. The average Bonchev–Trinajstić information content (AvgIpc) is 2.50. The molecule has 1 rings (SSSR count). The lowest BCUT2D eigenvalue weighted by Crippen LogP contribution is -2.47. The number of hydrogen-bond donors (Lipinski definition) is 1. The van der Waals surface area contributed by atoms with Gasteiger partial charge in [-0.25, -0.2) is 0 Å². The smallest absolute Gasteiger partial charge is 0.0218 e. The molecule has 0 aromatic rings. The van der Waals surface area contributed by atoms with Crippen LogP contribution in [-0.2, 0) is 0 Å². The highest BCUT2D eigenvalue weighted by Gasteiger charge is 2.21. The lowest BCUT2D eigenvalue weighted by atomic mass is 10.0. The molecule has 0 aromatic carbocycles. The molecule has 1 fully saturated rings. The van der Waals surface area contributed by atoms with Gasteiger partial charge in [0.1, 0.15) is 0 Å². The van der Waals surface area contributed by atoms with Gasteiger partial charge in [0, 0.05) is 12.1 Å². The molecule has 1 saturated heterocycles. The van der Waals surface area contributed by atoms with Crippen molar-refractivity contribution < 1.29 is 0 Å². The zero-order chi connectivity index (χ0) is 12.0. The standard InChI is InChI=1S/C14H30N2/c1-5-9-15-13(3)14(4)16-10-6-7-12(2)8-11-16/h12-15H,5-11H2,1-4H3. The number of hydrogen-bond acceptors (Lipinski definition) is 2. The van der Waals surface area contributed by atoms with E-state index in [-0.39, 0.29) is 0 Å². The monoisotopic (exact) mass is 226 g/mol. The third-order valence-corrected chi connectivity index (χ3v) is 4.07. The molecule has 0 aromatic heterocycles. The first-order valence-electron chi connectivity index (χ1n) is 7.12. The Balaban J connectivity index is 2.36. The van der Waals surface area contributed by atoms with Gasteiger partial charge in [-0.2, -0.15) is 0 Å². The van der Waals surface area contributed by atoms with E-state index < -0.39 is 0 Å². The molecule has 1 aliphatic rings. The van der Waals surface area contributed by atoms with Gasteiger partial charge >= 0.3 is 0 Å². The van der Waals surface area contributed by atoms with Crippen molar-refractivity contribution in [3.63, 3.8) is 0 Å². The third kappa shape index (κ3) is 4.42. The molecule has 96 valence electrons. The first kappa shape index (κ1) is 14.0. The fraction of sp³-hybridized carbons (Fsp3) is 1.00. The van der Waals surface area contributed by atoms with E-state index in [1.54, 1.807) is 0 Å². The molecule has 2 heteroatoms. The van der Waals surface area contributed by atoms with Crippen LogP contribution in [0, 0.1) is 5.92 Å². The lowest BCUT2D eigenvalue weighted by molar-refractivity contribution is 0.179. The molecule has 0 amide bonds. The van der Waals surface area contributed by atoms with Gasteiger partial charge in [0.05, 0.1) is 0 Å². The van der Waals surface area contributed by atoms with Crippen LogP contribution in [0.1, 0.15) is 53.4 Å². The Labute approximate surface area is 102 Å². The molecule has 2 nitrogen and oxygen atoms in total. The van der Waals surface area contributed by atoms with Crippen LogP contribution in [0.25, 0.3) is 0 Å². The molecule has 1 heterocycles. The fourth-order valence-electron chi connectivity index (χ4n) is 2.55. The Morgan fingerprint density at radius 1 is 1.25 bits per heavy atom. The quantitative estimate of drug-likeness (QED) is 0.775. The fourth-order valence-corrected chi connectivity index (χ4v) is 2.55. The van der Waals surface area contributed by atoms with Gasteiger partial charge in [0.2, 0.25) is 0 Å². The van der Waals surface area contributed by atoms with Gasteiger partial charge in [-0.3, -0.25) is 4.90 Å². The molecule has 3 atom stereocenters. The highest BCUT2D eigenvalue weighted by molar-refractivity contribution is 4.80. The Morgan fingerprint density at radius 2 is 2.00 bits per heavy atom. The zero-order valence-electron chi connectivity index (χ0n) is 11.6. The predicted octanol–water partition coefficient (Wildman–Crippen LogP) is 2.89. The van der Waals surface area contributed by atoms with Gasteiger partial charge in [-0.05, 0) is 65.1 Å². The average molecular weight is 226 g/mol. The highest BCUT2D eigenvalue weighted by Crippen LogP contribution is 2.19. The van der Waals surface area contributed by atoms with Crippen molar-refractivity contribution in [2.75, 3.05) is 19.6 Å². The molecule has 0 saturated carbocycles. The maximum atomic E-state index is 3.62. The first-order valence-corrected chi connectivity index (χ1v) is 7.12. The Kier molecular flexibility index (Phi) is 6.37. The van der Waals surface area contributed by atoms with Crippen LogP contribution in [0.5, 0.6) is 0 Å². The number of nitrogens with one attached hydrogen (secondary N) is 1. The molecule has 0 bridgehead atoms. The molecule has 1 N–H and O–H groups in total. The maximum absolute atomic E-state index is 3.62. The Bertz CT molecular complexity index is 182. The molecule has 0 aliphatic carbocycles. The van der Waals surface area contributed by atoms with E-state index in [1.807, 2.05) is 0 Å². The molecular weight excluding hydrogens is 196 g/mol. The summed E-state index contributed by atoms with van der Waals surface area (Å²) in [6, 6.07) is 1.30. The van der Waals surface area contributed by atoms with Crippen molar-refractivity contribution >= 4 is 0 Å². The van der Waals surface area contributed by atoms with Crippen molar-refractivity contribution in [1.29, 1.82) is 0 Å². The second-order valence-electron chi connectivity index (χ2n) is 5.56. The third-order valence-electron chi connectivity index (χ3n) is 4.07. The molecular formula is C14H30N2. The lowest BCUT2D eigenvalue weighted by Gasteiger charge is -2.32. The van der Waals surface area contributed by atoms with E-state index in [0.29, 0.717) is 12.1 Å². The second kappa shape index (κ2) is 7.29. The molecule has 0 radical (unpaired) electrons. The minimum atomic E-state index is 0.619. The number of rotatable bonds is 5. The first-order chi connectivity index (χ1) is 7.65. The largest absolute Gasteiger partial charge is 0.313 e. The van der Waals surface area contributed by atoms with Crippen LogP contribution in [-0.4, -0.2) is 36.6 Å². The summed E-state index contributed by atoms with van der Waals surface area (Å²) in [5.41, 5.74) is 0. The number of likely N-dealkylation sites (tertiary alicyclic amines) is 1. The van der Waals surface area contributed by atoms with Crippen molar-refractivity contribution in [2.45, 2.75) is 65.5 Å². The summed E-state index contributed by atoms with van der Waals surface area (Å²) >= 11 is 0. The van der Waals surface area contributed by atoms with Gasteiger partial charge in [0.25, 0.3) is 0 Å². The van der Waals surface area contributed by atoms with Gasteiger partial charge in [0.15, 0.2) is 0 Å². The van der Waals surface area contributed by atoms with Gasteiger partial charge in [-0.15, -0.1) is 0 Å². The summed E-state index contributed by atoms with van der Waals surface area (Å²) in [5.74, 6) is 0.927. The van der Waals surface area contributed by atoms with Crippen LogP contribution >= 0.6 is 0 Å². The molecule has 3 unspecified atom stereocenters. The number of nitrogens with zero attached hydrogens (tertiary/aromatic N) is 1. The van der Waals surface area contributed by atoms with E-state index in [9.17, 15) is 0 Å². The van der Waals surface area contributed by atoms with E-state index in [4.69, 9.17) is 0 Å². The summed E-state index contributed by atoms with van der Waals surface area (Å²) in [5, 5.41) is 3.62. The van der Waals surface area contributed by atoms with Crippen LogP contribution in [0.2, 0.25) is 0 Å². The minimum Gasteiger partial charge on any atom is -0.313 e. The molecule has 16 heavy (non-hydrogen) atoms. The van der Waals surface area contributed by atoms with Gasteiger partial charge < -0.3 is 5.32 Å². The van der Waals surface area contributed by atoms with Crippen LogP contribution < -0.4 is 5.32 Å². The Morgan fingerprint density at radius 3 is 2.69 bits per heavy atom. The van der Waals surface area contributed by atoms with Gasteiger partial charge in [-0.1, -0.05) is 13.8 Å². The van der Waals surface area contributed by atoms with E-state index in [2.05, 4.69) is 37.9 Å². The zero-order valence-corrected chi connectivity index (χ0v) is 11.6. The van der Waals surface area contributed by atoms with E-state index in [0.717, 1.165) is 12.5 Å². The summed E-state index contributed by atoms with van der Waals surface area (Å²) in [6.07, 6.45) is 5.41. The Hall–Kier alpha value is -0.0800. The van der Waals surface area contributed by atoms with Crippen molar-refractivity contribution in [3.8, 4) is 0 Å². The summed E-state index contributed by atoms with van der Waals surface area (Å²) < 4.78 is 0. The normalized spacial score (nSPS) is 27.4. The molecule has 1 aliphatic heterocycles. The topological polar surface area (TPSA) is 15.3 Å². The van der Waals surface area contributed by atoms with Crippen LogP contribution in [0.4, 0.5) is 0 Å². The minimum absolute atomic E-state index is 0.619. The van der Waals surface area contributed by atoms with E-state index in [1.165, 1.54) is 38.8 Å². The summed E-state index contributed by atoms with van der Waals surface area (Å²) in [4.78, 5) is 2.68. The predicted molar refractivity (Wildman–Crippen MR) is 71.8 cm³/mol. The van der Waals surface area contributed by atoms with Crippen molar-refractivity contribution in [3.05, 3.63) is 0 Å². The summed E-state index contributed by atoms with van der Waals surface area (Å²) in [7, 11) is 0. The van der Waals surface area contributed by atoms with Crippen LogP contribution in [0.15, 0.2) is 0 Å². The van der Waals surface area contributed by atoms with Crippen LogP contribution in [0.3, 0.4) is 0 Å². The van der Waals surface area contributed by atoms with Crippen molar-refractivity contribution in [1.82, 2.24) is 10.2 Å². The van der Waals surface area contributed by atoms with E-state index >= 15 is 0 Å². The summed E-state index contributed by atoms with van der Waals surface area (Å²) in [6.45, 7) is 13.1.